The van der Waals surface area contributed by atoms with Crippen LogP contribution in [0.25, 0.3) is 0 Å². The summed E-state index contributed by atoms with van der Waals surface area (Å²) in [6, 6.07) is 13.1. The predicted octanol–water partition coefficient (Wildman–Crippen LogP) is 1.94. The minimum Gasteiger partial charge on any atom is -0.386 e. The van der Waals surface area contributed by atoms with Crippen molar-refractivity contribution in [2.75, 3.05) is 12.3 Å². The lowest BCUT2D eigenvalue weighted by molar-refractivity contribution is 0.186. The highest BCUT2D eigenvalue weighted by molar-refractivity contribution is 7.89. The monoisotopic (exact) mass is 311 g/mol. The molecule has 1 aromatic heterocycles. The molecule has 0 aliphatic rings. The number of hydrogen-bond donors (Lipinski definition) is 2. The summed E-state index contributed by atoms with van der Waals surface area (Å²) in [6.45, 7) is 0.0115. The third-order valence-corrected chi connectivity index (χ3v) is 5.19. The van der Waals surface area contributed by atoms with Gasteiger partial charge < -0.3 is 5.11 Å². The van der Waals surface area contributed by atoms with E-state index < -0.39 is 16.1 Å². The third-order valence-electron chi connectivity index (χ3n) is 2.87. The molecule has 0 saturated heterocycles. The van der Waals surface area contributed by atoms with Crippen molar-refractivity contribution >= 4 is 21.4 Å². The van der Waals surface area contributed by atoms with Gasteiger partial charge in [0.05, 0.1) is 5.75 Å². The maximum absolute atomic E-state index is 11.9. The molecular weight excluding hydrogens is 294 g/mol. The molecule has 0 aliphatic heterocycles. The second-order valence-electron chi connectivity index (χ2n) is 4.43. The van der Waals surface area contributed by atoms with Crippen LogP contribution in [0.15, 0.2) is 47.8 Å². The molecule has 2 rings (SSSR count). The largest absolute Gasteiger partial charge is 0.386 e. The molecule has 0 radical (unpaired) electrons. The van der Waals surface area contributed by atoms with Crippen LogP contribution in [0.3, 0.4) is 0 Å². The van der Waals surface area contributed by atoms with E-state index in [1.54, 1.807) is 6.07 Å². The Morgan fingerprint density at radius 3 is 2.55 bits per heavy atom. The van der Waals surface area contributed by atoms with Crippen molar-refractivity contribution in [3.63, 3.8) is 0 Å². The molecule has 0 amide bonds. The highest BCUT2D eigenvalue weighted by Gasteiger charge is 2.14. The van der Waals surface area contributed by atoms with Crippen LogP contribution in [-0.2, 0) is 16.4 Å². The molecule has 108 valence electrons. The van der Waals surface area contributed by atoms with Gasteiger partial charge in [0.1, 0.15) is 6.10 Å². The number of rotatable bonds is 7. The first-order valence-corrected chi connectivity index (χ1v) is 8.83. The first-order valence-electron chi connectivity index (χ1n) is 6.29. The van der Waals surface area contributed by atoms with Gasteiger partial charge in [-0.15, -0.1) is 11.3 Å². The third kappa shape index (κ3) is 4.72. The lowest BCUT2D eigenvalue weighted by atomic mass is 10.2. The zero-order valence-corrected chi connectivity index (χ0v) is 12.5. The number of hydrogen-bond acceptors (Lipinski definition) is 4. The van der Waals surface area contributed by atoms with Crippen LogP contribution >= 0.6 is 11.3 Å². The van der Waals surface area contributed by atoms with Crippen LogP contribution in [0, 0.1) is 0 Å². The second kappa shape index (κ2) is 6.99. The smallest absolute Gasteiger partial charge is 0.212 e. The van der Waals surface area contributed by atoms with Gasteiger partial charge in [-0.3, -0.25) is 0 Å². The zero-order chi connectivity index (χ0) is 14.4. The first kappa shape index (κ1) is 15.2. The number of thiophene rings is 1. The Hall–Kier alpha value is -1.21. The maximum Gasteiger partial charge on any atom is 0.212 e. The Kier molecular flexibility index (Phi) is 5.31. The summed E-state index contributed by atoms with van der Waals surface area (Å²) < 4.78 is 26.2. The molecule has 1 atom stereocenters. The van der Waals surface area contributed by atoms with E-state index in [4.69, 9.17) is 0 Å². The van der Waals surface area contributed by atoms with E-state index in [1.807, 2.05) is 41.8 Å². The Morgan fingerprint density at radius 1 is 1.15 bits per heavy atom. The summed E-state index contributed by atoms with van der Waals surface area (Å²) in [7, 11) is -3.37. The van der Waals surface area contributed by atoms with Crippen LogP contribution in [0.5, 0.6) is 0 Å². The molecule has 4 nitrogen and oxygen atoms in total. The van der Waals surface area contributed by atoms with Gasteiger partial charge in [0, 0.05) is 11.4 Å². The number of benzene rings is 1. The molecular formula is C14H17NO3S2. The fourth-order valence-corrected chi connectivity index (χ4v) is 3.53. The van der Waals surface area contributed by atoms with Gasteiger partial charge in [0.2, 0.25) is 10.0 Å². The van der Waals surface area contributed by atoms with E-state index in [0.717, 1.165) is 10.4 Å². The van der Waals surface area contributed by atoms with Crippen molar-refractivity contribution < 1.29 is 13.5 Å². The van der Waals surface area contributed by atoms with Crippen LogP contribution in [0.4, 0.5) is 0 Å². The molecule has 0 aliphatic carbocycles. The van der Waals surface area contributed by atoms with Crippen LogP contribution in [0.1, 0.15) is 16.5 Å². The molecule has 2 aromatic rings. The number of nitrogens with one attached hydrogen (secondary N) is 1. The van der Waals surface area contributed by atoms with E-state index >= 15 is 0 Å². The molecule has 0 fully saturated rings. The molecule has 1 heterocycles. The number of aryl methyl sites for hydroxylation is 1. The number of aliphatic hydroxyl groups excluding tert-OH is 1. The fourth-order valence-electron chi connectivity index (χ4n) is 1.76. The summed E-state index contributed by atoms with van der Waals surface area (Å²) in [5, 5.41) is 11.7. The zero-order valence-electron chi connectivity index (χ0n) is 10.9. The van der Waals surface area contributed by atoms with Gasteiger partial charge in [-0.1, -0.05) is 36.4 Å². The number of sulfonamides is 1. The highest BCUT2D eigenvalue weighted by Crippen LogP contribution is 2.17. The van der Waals surface area contributed by atoms with Crippen LogP contribution in [-0.4, -0.2) is 25.8 Å². The summed E-state index contributed by atoms with van der Waals surface area (Å²) in [4.78, 5) is 0.760. The van der Waals surface area contributed by atoms with Gasteiger partial charge in [-0.25, -0.2) is 13.1 Å². The lowest BCUT2D eigenvalue weighted by Crippen LogP contribution is -2.31. The van der Waals surface area contributed by atoms with Crippen molar-refractivity contribution in [2.45, 2.75) is 12.5 Å². The quantitative estimate of drug-likeness (QED) is 0.821. The fraction of sp³-hybridized carbons (Fsp3) is 0.286. The normalized spacial score (nSPS) is 13.2. The van der Waals surface area contributed by atoms with Gasteiger partial charge in [-0.05, 0) is 23.4 Å². The molecule has 0 saturated carbocycles. The minimum atomic E-state index is -3.37. The van der Waals surface area contributed by atoms with Crippen molar-refractivity contribution in [1.82, 2.24) is 4.72 Å². The van der Waals surface area contributed by atoms with Gasteiger partial charge in [0.25, 0.3) is 0 Å². The molecule has 1 unspecified atom stereocenters. The van der Waals surface area contributed by atoms with E-state index in [9.17, 15) is 13.5 Å². The minimum absolute atomic E-state index is 0.0115. The average Bonchev–Trinajstić information content (AvgIpc) is 2.98. The second-order valence-corrected chi connectivity index (χ2v) is 7.34. The lowest BCUT2D eigenvalue weighted by Gasteiger charge is -2.10. The Morgan fingerprint density at radius 2 is 1.90 bits per heavy atom. The Balaban J connectivity index is 1.82. The van der Waals surface area contributed by atoms with E-state index in [1.165, 1.54) is 11.3 Å². The first-order chi connectivity index (χ1) is 9.57. The van der Waals surface area contributed by atoms with Gasteiger partial charge >= 0.3 is 0 Å². The Labute approximate surface area is 123 Å². The average molecular weight is 311 g/mol. The van der Waals surface area contributed by atoms with Gasteiger partial charge in [0.15, 0.2) is 0 Å². The maximum atomic E-state index is 11.9. The standard InChI is InChI=1S/C14H17NO3S2/c16-13(14-7-4-9-19-14)11-15-20(17,18)10-8-12-5-2-1-3-6-12/h1-7,9,13,15-16H,8,10-11H2. The van der Waals surface area contributed by atoms with E-state index in [2.05, 4.69) is 4.72 Å². The molecule has 20 heavy (non-hydrogen) atoms. The molecule has 0 bridgehead atoms. The summed E-state index contributed by atoms with van der Waals surface area (Å²) >= 11 is 1.41. The summed E-state index contributed by atoms with van der Waals surface area (Å²) in [5.74, 6) is 0.0220. The van der Waals surface area contributed by atoms with E-state index in [0.29, 0.717) is 6.42 Å². The highest BCUT2D eigenvalue weighted by atomic mass is 32.2. The molecule has 1 aromatic carbocycles. The van der Waals surface area contributed by atoms with Crippen molar-refractivity contribution in [3.05, 3.63) is 58.3 Å². The Bertz CT molecular complexity index is 609. The SMILES string of the molecule is O=S(=O)(CCc1ccccc1)NCC(O)c1cccs1. The summed E-state index contributed by atoms with van der Waals surface area (Å²) in [6.07, 6.45) is -0.327. The van der Waals surface area contributed by atoms with Crippen LogP contribution in [0.2, 0.25) is 0 Å². The molecule has 6 heteroatoms. The van der Waals surface area contributed by atoms with Crippen LogP contribution < -0.4 is 4.72 Å². The molecule has 2 N–H and O–H groups in total. The van der Waals surface area contributed by atoms with Crippen molar-refractivity contribution in [3.8, 4) is 0 Å². The topological polar surface area (TPSA) is 66.4 Å². The molecule has 0 spiro atoms. The van der Waals surface area contributed by atoms with Crippen molar-refractivity contribution in [1.29, 1.82) is 0 Å². The number of aliphatic hydroxyl groups is 1. The predicted molar refractivity (Wildman–Crippen MR) is 81.2 cm³/mol. The van der Waals surface area contributed by atoms with Crippen molar-refractivity contribution in [2.24, 2.45) is 0 Å². The summed E-state index contributed by atoms with van der Waals surface area (Å²) in [5.41, 5.74) is 0.983. The van der Waals surface area contributed by atoms with Gasteiger partial charge in [-0.2, -0.15) is 0 Å². The van der Waals surface area contributed by atoms with E-state index in [-0.39, 0.29) is 12.3 Å².